The van der Waals surface area contributed by atoms with Crippen molar-refractivity contribution in [1.29, 1.82) is 0 Å². The number of nitrogens with zero attached hydrogens (tertiary/aromatic N) is 2. The van der Waals surface area contributed by atoms with E-state index in [1.54, 1.807) is 0 Å². The zero-order valence-electron chi connectivity index (χ0n) is 29.4. The highest BCUT2D eigenvalue weighted by Gasteiger charge is 2.51. The summed E-state index contributed by atoms with van der Waals surface area (Å²) in [5, 5.41) is 21.6. The van der Waals surface area contributed by atoms with E-state index in [4.69, 9.17) is 9.47 Å². The van der Waals surface area contributed by atoms with Gasteiger partial charge in [-0.1, -0.05) is 99.2 Å². The minimum absolute atomic E-state index is 0.223. The second kappa shape index (κ2) is 13.8. The molecule has 0 radical (unpaired) electrons. The summed E-state index contributed by atoms with van der Waals surface area (Å²) in [6, 6.07) is 23.2. The monoisotopic (exact) mass is 702 g/mol. The maximum absolute atomic E-state index is 13.3. The summed E-state index contributed by atoms with van der Waals surface area (Å²) >= 11 is 0. The van der Waals surface area contributed by atoms with Gasteiger partial charge in [0.2, 0.25) is 0 Å². The predicted molar refractivity (Wildman–Crippen MR) is 195 cm³/mol. The van der Waals surface area contributed by atoms with Crippen LogP contribution in [0.5, 0.6) is 0 Å². The average molecular weight is 703 g/mol. The number of aromatic nitrogens is 2. The SMILES string of the molecule is COC(=O)C1=C(O)c2c(-c3ccccc3)ccn2C2(CCCCC2)C1=O.COC(=O)C1=C(O)c2cc(-c3ccccc3)cn2C2(CCCCC2)C1=O. The minimum Gasteiger partial charge on any atom is -0.505 e. The summed E-state index contributed by atoms with van der Waals surface area (Å²) < 4.78 is 13.4. The molecule has 2 aliphatic carbocycles. The van der Waals surface area contributed by atoms with Gasteiger partial charge in [0.1, 0.15) is 22.2 Å². The van der Waals surface area contributed by atoms with E-state index in [9.17, 15) is 29.4 Å². The molecule has 268 valence electrons. The lowest BCUT2D eigenvalue weighted by Gasteiger charge is -2.41. The van der Waals surface area contributed by atoms with Gasteiger partial charge in [0.15, 0.2) is 23.1 Å². The maximum Gasteiger partial charge on any atom is 0.345 e. The Hall–Kier alpha value is -5.64. The topological polar surface area (TPSA) is 137 Å². The van der Waals surface area contributed by atoms with Gasteiger partial charge in [0.25, 0.3) is 0 Å². The summed E-state index contributed by atoms with van der Waals surface area (Å²) in [4.78, 5) is 51.1. The number of methoxy groups -OCH3 is 2. The molecule has 0 amide bonds. The van der Waals surface area contributed by atoms with Crippen molar-refractivity contribution in [2.75, 3.05) is 14.2 Å². The van der Waals surface area contributed by atoms with Crippen molar-refractivity contribution in [2.24, 2.45) is 0 Å². The third kappa shape index (κ3) is 5.48. The van der Waals surface area contributed by atoms with Gasteiger partial charge in [-0.05, 0) is 48.9 Å². The fourth-order valence-corrected chi connectivity index (χ4v) is 8.61. The van der Waals surface area contributed by atoms with Gasteiger partial charge in [-0.25, -0.2) is 9.59 Å². The van der Waals surface area contributed by atoms with Gasteiger partial charge < -0.3 is 28.8 Å². The van der Waals surface area contributed by atoms with Crippen molar-refractivity contribution in [3.8, 4) is 22.3 Å². The highest BCUT2D eigenvalue weighted by Crippen LogP contribution is 2.48. The first-order valence-electron chi connectivity index (χ1n) is 17.9. The van der Waals surface area contributed by atoms with E-state index >= 15 is 0 Å². The molecule has 8 rings (SSSR count). The molecule has 52 heavy (non-hydrogen) atoms. The third-order valence-corrected chi connectivity index (χ3v) is 11.2. The Labute approximate surface area is 302 Å². The van der Waals surface area contributed by atoms with Crippen molar-refractivity contribution in [3.05, 3.63) is 108 Å². The highest BCUT2D eigenvalue weighted by atomic mass is 16.5. The number of fused-ring (bicyclic) bond motifs is 4. The Morgan fingerprint density at radius 3 is 1.62 bits per heavy atom. The van der Waals surface area contributed by atoms with E-state index in [1.165, 1.54) is 14.2 Å². The van der Waals surface area contributed by atoms with Crippen molar-refractivity contribution in [2.45, 2.75) is 75.3 Å². The molecule has 2 fully saturated rings. The number of rotatable bonds is 4. The van der Waals surface area contributed by atoms with Gasteiger partial charge in [-0.15, -0.1) is 0 Å². The molecule has 0 atom stereocenters. The third-order valence-electron chi connectivity index (χ3n) is 11.2. The van der Waals surface area contributed by atoms with Gasteiger partial charge in [0.05, 0.1) is 25.6 Å². The molecule has 0 saturated heterocycles. The first-order chi connectivity index (χ1) is 25.2. The molecule has 2 aromatic carbocycles. The smallest absolute Gasteiger partial charge is 0.345 e. The number of benzene rings is 2. The van der Waals surface area contributed by atoms with E-state index in [0.717, 1.165) is 60.8 Å². The molecule has 2 aliphatic heterocycles. The Bertz CT molecular complexity index is 2090. The number of aliphatic hydroxyl groups is 2. The van der Waals surface area contributed by atoms with Crippen LogP contribution in [0.3, 0.4) is 0 Å². The molecule has 10 heteroatoms. The van der Waals surface area contributed by atoms with E-state index < -0.39 is 23.0 Å². The van der Waals surface area contributed by atoms with Crippen LogP contribution in [0.2, 0.25) is 0 Å². The molecular weight excluding hydrogens is 660 g/mol. The lowest BCUT2D eigenvalue weighted by molar-refractivity contribution is -0.141. The van der Waals surface area contributed by atoms with Gasteiger partial charge in [-0.2, -0.15) is 0 Å². The summed E-state index contributed by atoms with van der Waals surface area (Å²) in [5.74, 6) is -2.79. The van der Waals surface area contributed by atoms with Crippen LogP contribution in [0.4, 0.5) is 0 Å². The lowest BCUT2D eigenvalue weighted by Crippen LogP contribution is -2.48. The quantitative estimate of drug-likeness (QED) is 0.163. The van der Waals surface area contributed by atoms with Crippen LogP contribution < -0.4 is 0 Å². The Balaban J connectivity index is 0.000000162. The number of carbonyl (C=O) groups is 4. The fourth-order valence-electron chi connectivity index (χ4n) is 8.61. The molecule has 4 aromatic rings. The molecule has 0 bridgehead atoms. The summed E-state index contributed by atoms with van der Waals surface area (Å²) in [6.07, 6.45) is 12.2. The standard InChI is InChI=1S/2C21H21NO4/c1-26-20(25)16-18(23)17-15(14-8-4-2-5-9-14)10-13-22(17)21(19(16)24)11-6-3-7-12-21;1-26-20(25)17-18(23)16-12-15(14-8-4-2-5-9-14)13-22(16)21(19(17)24)10-6-3-7-11-21/h2,4-5,8-10,13,23H,3,6-7,11-12H2,1H3;2,4-5,8-9,12-13,23H,3,6-7,10-11H2,1H3. The Kier molecular flexibility index (Phi) is 9.25. The second-order valence-corrected chi connectivity index (χ2v) is 13.9. The fraction of sp³-hybridized carbons (Fsp3) is 0.333. The van der Waals surface area contributed by atoms with Crippen molar-refractivity contribution < 1.29 is 38.9 Å². The van der Waals surface area contributed by atoms with Crippen LogP contribution in [0, 0.1) is 0 Å². The molecule has 10 nitrogen and oxygen atoms in total. The van der Waals surface area contributed by atoms with E-state index in [1.807, 2.05) is 94.3 Å². The van der Waals surface area contributed by atoms with Gasteiger partial charge in [-0.3, -0.25) is 9.59 Å². The van der Waals surface area contributed by atoms with Gasteiger partial charge >= 0.3 is 11.9 Å². The largest absolute Gasteiger partial charge is 0.505 e. The van der Waals surface area contributed by atoms with Crippen LogP contribution in [-0.2, 0) is 39.7 Å². The number of hydrogen-bond acceptors (Lipinski definition) is 8. The number of hydrogen-bond donors (Lipinski definition) is 2. The Morgan fingerprint density at radius 1 is 0.615 bits per heavy atom. The van der Waals surface area contributed by atoms with Crippen LogP contribution in [0.15, 0.2) is 96.3 Å². The van der Waals surface area contributed by atoms with Crippen LogP contribution >= 0.6 is 0 Å². The van der Waals surface area contributed by atoms with Crippen LogP contribution in [-0.4, -0.2) is 57.1 Å². The summed E-state index contributed by atoms with van der Waals surface area (Å²) in [6.45, 7) is 0. The first kappa shape index (κ1) is 34.8. The highest BCUT2D eigenvalue weighted by molar-refractivity contribution is 6.26. The molecule has 2 saturated carbocycles. The molecule has 0 unspecified atom stereocenters. The molecule has 2 aromatic heterocycles. The molecule has 2 N–H and O–H groups in total. The Morgan fingerprint density at radius 2 is 1.10 bits per heavy atom. The van der Waals surface area contributed by atoms with E-state index in [-0.39, 0.29) is 34.2 Å². The summed E-state index contributed by atoms with van der Waals surface area (Å²) in [5.41, 5.74) is 2.61. The van der Waals surface area contributed by atoms with Crippen molar-refractivity contribution >= 4 is 35.0 Å². The zero-order chi connectivity index (χ0) is 36.6. The number of Topliss-reactive ketones (excluding diaryl/α,β-unsaturated/α-hetero) is 2. The lowest BCUT2D eigenvalue weighted by atomic mass is 9.73. The van der Waals surface area contributed by atoms with Crippen LogP contribution in [0.1, 0.15) is 75.6 Å². The van der Waals surface area contributed by atoms with Crippen LogP contribution in [0.25, 0.3) is 33.8 Å². The van der Waals surface area contributed by atoms with Gasteiger partial charge in [0, 0.05) is 23.5 Å². The van der Waals surface area contributed by atoms with E-state index in [0.29, 0.717) is 37.1 Å². The van der Waals surface area contributed by atoms with Crippen molar-refractivity contribution in [3.63, 3.8) is 0 Å². The number of carbonyl (C=O) groups excluding carboxylic acids is 4. The molecule has 4 heterocycles. The molecule has 4 aliphatic rings. The molecule has 2 spiro atoms. The minimum atomic E-state index is -0.809. The normalized spacial score (nSPS) is 18.7. The average Bonchev–Trinajstić information content (AvgIpc) is 3.86. The first-order valence-corrected chi connectivity index (χ1v) is 17.9. The summed E-state index contributed by atoms with van der Waals surface area (Å²) in [7, 11) is 2.46. The zero-order valence-corrected chi connectivity index (χ0v) is 29.4. The predicted octanol–water partition coefficient (Wildman–Crippen LogP) is 7.68. The second-order valence-electron chi connectivity index (χ2n) is 13.9. The number of aliphatic hydroxyl groups excluding tert-OH is 2. The number of ketones is 2. The maximum atomic E-state index is 13.3. The van der Waals surface area contributed by atoms with E-state index in [2.05, 4.69) is 0 Å². The number of ether oxygens (including phenoxy) is 2. The molecular formula is C42H42N2O8. The number of esters is 2. The van der Waals surface area contributed by atoms with Crippen molar-refractivity contribution in [1.82, 2.24) is 9.13 Å².